The van der Waals surface area contributed by atoms with Gasteiger partial charge in [0.2, 0.25) is 0 Å². The van der Waals surface area contributed by atoms with Gasteiger partial charge < -0.3 is 4.74 Å². The number of pyridine rings is 1. The minimum atomic E-state index is -0.608. The zero-order valence-corrected chi connectivity index (χ0v) is 14.2. The highest BCUT2D eigenvalue weighted by Gasteiger charge is 2.15. The van der Waals surface area contributed by atoms with Gasteiger partial charge in [-0.2, -0.15) is 0 Å². The maximum Gasteiger partial charge on any atom is 0.317 e. The summed E-state index contributed by atoms with van der Waals surface area (Å²) in [6, 6.07) is 7.44. The quantitative estimate of drug-likeness (QED) is 0.290. The molecule has 0 spiro atoms. The Morgan fingerprint density at radius 1 is 1.36 bits per heavy atom. The number of ether oxygens (including phenoxy) is 1. The van der Waals surface area contributed by atoms with Crippen LogP contribution in [0.4, 0.5) is 5.69 Å². The average molecular weight is 376 g/mol. The van der Waals surface area contributed by atoms with Crippen molar-refractivity contribution in [1.82, 2.24) is 9.97 Å². The van der Waals surface area contributed by atoms with Gasteiger partial charge in [0.1, 0.15) is 15.8 Å². The Balaban J connectivity index is 1.66. The fourth-order valence-electron chi connectivity index (χ4n) is 2.02. The molecule has 0 fully saturated rings. The summed E-state index contributed by atoms with van der Waals surface area (Å²) >= 11 is 7.19. The van der Waals surface area contributed by atoms with E-state index >= 15 is 0 Å². The van der Waals surface area contributed by atoms with Crippen molar-refractivity contribution in [2.45, 2.75) is 6.42 Å². The summed E-state index contributed by atoms with van der Waals surface area (Å²) in [4.78, 5) is 30.5. The number of halogens is 1. The fraction of sp³-hybridized carbons (Fsp3) is 0.0625. The Morgan fingerprint density at radius 3 is 2.88 bits per heavy atom. The molecule has 2 aromatic heterocycles. The van der Waals surface area contributed by atoms with E-state index in [0.29, 0.717) is 5.69 Å². The first kappa shape index (κ1) is 17.0. The molecule has 0 aliphatic rings. The summed E-state index contributed by atoms with van der Waals surface area (Å²) in [5.41, 5.74) is 1.19. The Bertz CT molecular complexity index is 930. The van der Waals surface area contributed by atoms with Crippen LogP contribution in [-0.2, 0) is 11.2 Å². The van der Waals surface area contributed by atoms with Crippen LogP contribution in [0.15, 0.2) is 48.1 Å². The molecule has 9 heteroatoms. The topological polar surface area (TPSA) is 95.2 Å². The van der Waals surface area contributed by atoms with Gasteiger partial charge in [-0.3, -0.25) is 19.9 Å². The van der Waals surface area contributed by atoms with Gasteiger partial charge >= 0.3 is 5.97 Å². The first-order chi connectivity index (χ1) is 12.0. The normalized spacial score (nSPS) is 10.4. The average Bonchev–Trinajstić information content (AvgIpc) is 3.03. The van der Waals surface area contributed by atoms with E-state index in [1.165, 1.54) is 29.5 Å². The van der Waals surface area contributed by atoms with Gasteiger partial charge in [0.25, 0.3) is 5.69 Å². The zero-order chi connectivity index (χ0) is 17.8. The summed E-state index contributed by atoms with van der Waals surface area (Å²) in [6.07, 6.45) is 3.34. The molecule has 25 heavy (non-hydrogen) atoms. The molecular formula is C16H10ClN3O4S. The number of thiazole rings is 1. The molecule has 0 saturated carbocycles. The van der Waals surface area contributed by atoms with Gasteiger partial charge in [-0.1, -0.05) is 11.6 Å². The number of nitro benzene ring substituents is 1. The number of benzene rings is 1. The Labute approximate surface area is 151 Å². The SMILES string of the molecule is O=C(Cc1csc(-c2cccnc2)n1)Oc1ccc([N+](=O)[O-])c(Cl)c1. The molecule has 3 rings (SSSR count). The Morgan fingerprint density at radius 2 is 2.20 bits per heavy atom. The molecule has 7 nitrogen and oxygen atoms in total. The summed E-state index contributed by atoms with van der Waals surface area (Å²) < 4.78 is 5.16. The number of rotatable bonds is 5. The lowest BCUT2D eigenvalue weighted by Gasteiger charge is -2.04. The van der Waals surface area contributed by atoms with E-state index in [9.17, 15) is 14.9 Å². The number of hydrogen-bond acceptors (Lipinski definition) is 7. The number of hydrogen-bond donors (Lipinski definition) is 0. The van der Waals surface area contributed by atoms with Gasteiger partial charge in [0.15, 0.2) is 0 Å². The minimum Gasteiger partial charge on any atom is -0.426 e. The number of carbonyl (C=O) groups excluding carboxylic acids is 1. The second-order valence-electron chi connectivity index (χ2n) is 4.91. The van der Waals surface area contributed by atoms with E-state index in [4.69, 9.17) is 16.3 Å². The highest BCUT2D eigenvalue weighted by atomic mass is 35.5. The molecule has 0 radical (unpaired) electrons. The van der Waals surface area contributed by atoms with E-state index in [1.54, 1.807) is 17.8 Å². The molecule has 0 bridgehead atoms. The van der Waals surface area contributed by atoms with Gasteiger partial charge in [-0.25, -0.2) is 4.98 Å². The van der Waals surface area contributed by atoms with Crippen molar-refractivity contribution in [3.05, 3.63) is 68.9 Å². The number of aromatic nitrogens is 2. The van der Waals surface area contributed by atoms with Crippen LogP contribution in [0.2, 0.25) is 5.02 Å². The maximum absolute atomic E-state index is 12.0. The van der Waals surface area contributed by atoms with Crippen LogP contribution in [0.1, 0.15) is 5.69 Å². The zero-order valence-electron chi connectivity index (χ0n) is 12.6. The van der Waals surface area contributed by atoms with Crippen LogP contribution in [-0.4, -0.2) is 20.9 Å². The summed E-state index contributed by atoms with van der Waals surface area (Å²) in [5.74, 6) is -0.392. The lowest BCUT2D eigenvalue weighted by Crippen LogP contribution is -2.11. The molecular weight excluding hydrogens is 366 g/mol. The van der Waals surface area contributed by atoms with Crippen molar-refractivity contribution in [2.75, 3.05) is 0 Å². The predicted octanol–water partition coefficient (Wildman–Crippen LogP) is 3.91. The third-order valence-electron chi connectivity index (χ3n) is 3.13. The Kier molecular flexibility index (Phi) is 5.01. The monoisotopic (exact) mass is 375 g/mol. The number of nitro groups is 1. The third-order valence-corrected chi connectivity index (χ3v) is 4.38. The first-order valence-corrected chi connectivity index (χ1v) is 8.28. The summed E-state index contributed by atoms with van der Waals surface area (Å²) in [7, 11) is 0. The standard InChI is InChI=1S/C16H10ClN3O4S/c17-13-7-12(3-4-14(13)20(22)23)24-15(21)6-11-9-25-16(19-11)10-2-1-5-18-8-10/h1-5,7-9H,6H2. The largest absolute Gasteiger partial charge is 0.426 e. The Hall–Kier alpha value is -2.84. The number of esters is 1. The molecule has 0 atom stereocenters. The van der Waals surface area contributed by atoms with Crippen molar-refractivity contribution in [2.24, 2.45) is 0 Å². The van der Waals surface area contributed by atoms with E-state index < -0.39 is 10.9 Å². The van der Waals surface area contributed by atoms with Crippen LogP contribution in [0.5, 0.6) is 5.75 Å². The molecule has 0 amide bonds. The second-order valence-corrected chi connectivity index (χ2v) is 6.17. The molecule has 0 aliphatic heterocycles. The smallest absolute Gasteiger partial charge is 0.317 e. The van der Waals surface area contributed by atoms with Crippen molar-refractivity contribution >= 4 is 34.6 Å². The summed E-state index contributed by atoms with van der Waals surface area (Å²) in [5, 5.41) is 13.2. The lowest BCUT2D eigenvalue weighted by atomic mass is 10.3. The van der Waals surface area contributed by atoms with E-state index in [-0.39, 0.29) is 22.9 Å². The van der Waals surface area contributed by atoms with Crippen LogP contribution in [0.3, 0.4) is 0 Å². The summed E-state index contributed by atoms with van der Waals surface area (Å²) in [6.45, 7) is 0. The van der Waals surface area contributed by atoms with Crippen molar-refractivity contribution in [3.8, 4) is 16.3 Å². The highest BCUT2D eigenvalue weighted by molar-refractivity contribution is 7.13. The van der Waals surface area contributed by atoms with Crippen LogP contribution >= 0.6 is 22.9 Å². The number of nitrogens with zero attached hydrogens (tertiary/aromatic N) is 3. The molecule has 1 aromatic carbocycles. The predicted molar refractivity (Wildman–Crippen MR) is 92.8 cm³/mol. The van der Waals surface area contributed by atoms with E-state index in [2.05, 4.69) is 9.97 Å². The van der Waals surface area contributed by atoms with Gasteiger partial charge in [0, 0.05) is 35.5 Å². The first-order valence-electron chi connectivity index (χ1n) is 7.02. The number of carbonyl (C=O) groups is 1. The molecule has 0 unspecified atom stereocenters. The molecule has 2 heterocycles. The van der Waals surface area contributed by atoms with E-state index in [0.717, 1.165) is 10.6 Å². The van der Waals surface area contributed by atoms with Crippen LogP contribution in [0, 0.1) is 10.1 Å². The van der Waals surface area contributed by atoms with Gasteiger partial charge in [-0.15, -0.1) is 11.3 Å². The third kappa shape index (κ3) is 4.17. The molecule has 3 aromatic rings. The fourth-order valence-corrected chi connectivity index (χ4v) is 3.07. The second kappa shape index (κ2) is 7.37. The highest BCUT2D eigenvalue weighted by Crippen LogP contribution is 2.28. The molecule has 126 valence electrons. The maximum atomic E-state index is 12.0. The molecule has 0 aliphatic carbocycles. The van der Waals surface area contributed by atoms with Gasteiger partial charge in [0.05, 0.1) is 17.0 Å². The van der Waals surface area contributed by atoms with Crippen molar-refractivity contribution in [3.63, 3.8) is 0 Å². The molecule has 0 saturated heterocycles. The lowest BCUT2D eigenvalue weighted by molar-refractivity contribution is -0.384. The van der Waals surface area contributed by atoms with Crippen molar-refractivity contribution in [1.29, 1.82) is 0 Å². The van der Waals surface area contributed by atoms with Gasteiger partial charge in [-0.05, 0) is 18.2 Å². The van der Waals surface area contributed by atoms with E-state index in [1.807, 2.05) is 12.1 Å². The molecule has 0 N–H and O–H groups in total. The minimum absolute atomic E-state index is 0.0225. The van der Waals surface area contributed by atoms with Crippen LogP contribution in [0.25, 0.3) is 10.6 Å². The van der Waals surface area contributed by atoms with Crippen molar-refractivity contribution < 1.29 is 14.5 Å². The van der Waals surface area contributed by atoms with Crippen LogP contribution < -0.4 is 4.74 Å².